The van der Waals surface area contributed by atoms with Crippen LogP contribution in [0.5, 0.6) is 0 Å². The van der Waals surface area contributed by atoms with Crippen LogP contribution >= 0.6 is 27.5 Å². The van der Waals surface area contributed by atoms with Gasteiger partial charge in [-0.1, -0.05) is 33.6 Å². The molecule has 5 heteroatoms. The zero-order valence-corrected chi connectivity index (χ0v) is 11.7. The Kier molecular flexibility index (Phi) is 4.33. The van der Waals surface area contributed by atoms with Gasteiger partial charge in [-0.3, -0.25) is 9.78 Å². The minimum Gasteiger partial charge on any atom is -0.346 e. The summed E-state index contributed by atoms with van der Waals surface area (Å²) in [6.45, 7) is 0.393. The van der Waals surface area contributed by atoms with Gasteiger partial charge >= 0.3 is 0 Å². The molecule has 0 radical (unpaired) electrons. The quantitative estimate of drug-likeness (QED) is 0.939. The Hall–Kier alpha value is -1.39. The molecule has 18 heavy (non-hydrogen) atoms. The van der Waals surface area contributed by atoms with Gasteiger partial charge in [-0.2, -0.15) is 0 Å². The Balaban J connectivity index is 2.04. The zero-order valence-electron chi connectivity index (χ0n) is 9.36. The van der Waals surface area contributed by atoms with Crippen molar-refractivity contribution in [1.29, 1.82) is 0 Å². The van der Waals surface area contributed by atoms with Crippen LogP contribution < -0.4 is 5.32 Å². The maximum absolute atomic E-state index is 11.9. The predicted molar refractivity (Wildman–Crippen MR) is 74.6 cm³/mol. The Morgan fingerprint density at radius 2 is 2.17 bits per heavy atom. The summed E-state index contributed by atoms with van der Waals surface area (Å²) in [5, 5.41) is 3.31. The van der Waals surface area contributed by atoms with Gasteiger partial charge in [-0.15, -0.1) is 0 Å². The second-order valence-corrected chi connectivity index (χ2v) is 5.01. The number of nitrogens with one attached hydrogen (secondary N) is 1. The number of benzene rings is 1. The van der Waals surface area contributed by atoms with Crippen LogP contribution in [0.3, 0.4) is 0 Å². The van der Waals surface area contributed by atoms with Crippen molar-refractivity contribution >= 4 is 33.4 Å². The number of pyridine rings is 1. The molecular weight excluding hydrogens is 316 g/mol. The molecule has 2 rings (SSSR count). The first kappa shape index (κ1) is 13.1. The number of amides is 1. The average Bonchev–Trinajstić information content (AvgIpc) is 2.36. The molecule has 92 valence electrons. The van der Waals surface area contributed by atoms with E-state index in [-0.39, 0.29) is 5.91 Å². The van der Waals surface area contributed by atoms with Crippen molar-refractivity contribution in [3.05, 3.63) is 63.3 Å². The second-order valence-electron chi connectivity index (χ2n) is 3.66. The van der Waals surface area contributed by atoms with E-state index in [0.717, 1.165) is 10.2 Å². The fourth-order valence-corrected chi connectivity index (χ4v) is 2.32. The van der Waals surface area contributed by atoms with E-state index >= 15 is 0 Å². The predicted octanol–water partition coefficient (Wildman–Crippen LogP) is 3.43. The summed E-state index contributed by atoms with van der Waals surface area (Å²) in [4.78, 5) is 16.0. The van der Waals surface area contributed by atoms with Crippen LogP contribution in [0.15, 0.2) is 47.1 Å². The average molecular weight is 326 g/mol. The minimum absolute atomic E-state index is 0.177. The van der Waals surface area contributed by atoms with Crippen molar-refractivity contribution in [2.24, 2.45) is 0 Å². The van der Waals surface area contributed by atoms with Gasteiger partial charge in [0.25, 0.3) is 5.91 Å². The maximum Gasteiger partial charge on any atom is 0.251 e. The number of aromatic nitrogens is 1. The van der Waals surface area contributed by atoms with E-state index in [1.165, 1.54) is 0 Å². The smallest absolute Gasteiger partial charge is 0.251 e. The fourth-order valence-electron chi connectivity index (χ4n) is 1.46. The molecule has 1 heterocycles. The summed E-state index contributed by atoms with van der Waals surface area (Å²) >= 11 is 9.19. The van der Waals surface area contributed by atoms with E-state index in [1.54, 1.807) is 24.4 Å². The molecule has 0 spiro atoms. The number of nitrogens with zero attached hydrogens (tertiary/aromatic N) is 1. The topological polar surface area (TPSA) is 42.0 Å². The monoisotopic (exact) mass is 324 g/mol. The van der Waals surface area contributed by atoms with E-state index in [4.69, 9.17) is 11.6 Å². The molecule has 0 aliphatic rings. The lowest BCUT2D eigenvalue weighted by Gasteiger charge is -2.05. The number of halogens is 2. The summed E-state index contributed by atoms with van der Waals surface area (Å²) in [6, 6.07) is 10.6. The van der Waals surface area contributed by atoms with Crippen molar-refractivity contribution in [1.82, 2.24) is 10.3 Å². The van der Waals surface area contributed by atoms with Crippen LogP contribution in [-0.2, 0) is 6.54 Å². The third-order valence-electron chi connectivity index (χ3n) is 2.28. The molecule has 2 aromatic rings. The first-order chi connectivity index (χ1) is 8.65. The molecule has 0 aliphatic heterocycles. The number of carbonyl (C=O) groups is 1. The highest BCUT2D eigenvalue weighted by atomic mass is 79.9. The lowest BCUT2D eigenvalue weighted by Crippen LogP contribution is -2.23. The van der Waals surface area contributed by atoms with E-state index < -0.39 is 0 Å². The van der Waals surface area contributed by atoms with Crippen molar-refractivity contribution in [3.63, 3.8) is 0 Å². The maximum atomic E-state index is 11.9. The number of rotatable bonds is 3. The van der Waals surface area contributed by atoms with E-state index in [1.807, 2.05) is 18.2 Å². The summed E-state index contributed by atoms with van der Waals surface area (Å²) in [5.74, 6) is -0.177. The van der Waals surface area contributed by atoms with Crippen molar-refractivity contribution in [2.45, 2.75) is 6.54 Å². The highest BCUT2D eigenvalue weighted by Crippen LogP contribution is 2.19. The van der Waals surface area contributed by atoms with Crippen molar-refractivity contribution < 1.29 is 4.79 Å². The molecule has 0 saturated heterocycles. The SMILES string of the molecule is O=C(NCc1ccccn1)c1cc(Cl)cc(Br)c1. The fraction of sp³-hybridized carbons (Fsp3) is 0.0769. The summed E-state index contributed by atoms with van der Waals surface area (Å²) < 4.78 is 0.776. The Morgan fingerprint density at radius 3 is 2.83 bits per heavy atom. The second kappa shape index (κ2) is 5.98. The third kappa shape index (κ3) is 3.55. The Labute approximate surface area is 118 Å². The molecule has 0 aliphatic carbocycles. The molecular formula is C13H10BrClN2O. The number of hydrogen-bond donors (Lipinski definition) is 1. The summed E-state index contributed by atoms with van der Waals surface area (Å²) in [5.41, 5.74) is 1.33. The molecule has 0 atom stereocenters. The molecule has 0 saturated carbocycles. The largest absolute Gasteiger partial charge is 0.346 e. The lowest BCUT2D eigenvalue weighted by atomic mass is 10.2. The van der Waals surface area contributed by atoms with Gasteiger partial charge in [0, 0.05) is 21.3 Å². The van der Waals surface area contributed by atoms with Crippen molar-refractivity contribution in [2.75, 3.05) is 0 Å². The van der Waals surface area contributed by atoms with Crippen LogP contribution in [0.1, 0.15) is 16.1 Å². The van der Waals surface area contributed by atoms with Gasteiger partial charge in [0.15, 0.2) is 0 Å². The van der Waals surface area contributed by atoms with Gasteiger partial charge < -0.3 is 5.32 Å². The molecule has 1 aromatic carbocycles. The Morgan fingerprint density at radius 1 is 1.33 bits per heavy atom. The van der Waals surface area contributed by atoms with Crippen LogP contribution in [0.4, 0.5) is 0 Å². The highest BCUT2D eigenvalue weighted by molar-refractivity contribution is 9.10. The molecule has 1 N–H and O–H groups in total. The normalized spacial score (nSPS) is 10.1. The van der Waals surface area contributed by atoms with Gasteiger partial charge in [0.2, 0.25) is 0 Å². The highest BCUT2D eigenvalue weighted by Gasteiger charge is 2.07. The minimum atomic E-state index is -0.177. The third-order valence-corrected chi connectivity index (χ3v) is 2.96. The first-order valence-corrected chi connectivity index (χ1v) is 6.46. The van der Waals surface area contributed by atoms with Gasteiger partial charge in [-0.05, 0) is 30.3 Å². The number of hydrogen-bond acceptors (Lipinski definition) is 2. The van der Waals surface area contributed by atoms with Crippen LogP contribution in [-0.4, -0.2) is 10.9 Å². The molecule has 0 unspecified atom stereocenters. The summed E-state index contributed by atoms with van der Waals surface area (Å²) in [7, 11) is 0. The molecule has 1 amide bonds. The van der Waals surface area contributed by atoms with Gasteiger partial charge in [0.05, 0.1) is 12.2 Å². The molecule has 0 fully saturated rings. The van der Waals surface area contributed by atoms with Gasteiger partial charge in [-0.25, -0.2) is 0 Å². The van der Waals surface area contributed by atoms with Crippen molar-refractivity contribution in [3.8, 4) is 0 Å². The standard InChI is InChI=1S/C13H10BrClN2O/c14-10-5-9(6-11(15)7-10)13(18)17-8-12-3-1-2-4-16-12/h1-7H,8H2,(H,17,18). The van der Waals surface area contributed by atoms with Crippen LogP contribution in [0.25, 0.3) is 0 Å². The van der Waals surface area contributed by atoms with Crippen LogP contribution in [0.2, 0.25) is 5.02 Å². The molecule has 1 aromatic heterocycles. The van der Waals surface area contributed by atoms with Crippen LogP contribution in [0, 0.1) is 0 Å². The molecule has 3 nitrogen and oxygen atoms in total. The molecule has 0 bridgehead atoms. The summed E-state index contributed by atoms with van der Waals surface area (Å²) in [6.07, 6.45) is 1.69. The lowest BCUT2D eigenvalue weighted by molar-refractivity contribution is 0.0950. The Bertz CT molecular complexity index is 540. The van der Waals surface area contributed by atoms with E-state index in [2.05, 4.69) is 26.2 Å². The first-order valence-electron chi connectivity index (χ1n) is 5.29. The number of carbonyl (C=O) groups excluding carboxylic acids is 1. The van der Waals surface area contributed by atoms with E-state index in [9.17, 15) is 4.79 Å². The van der Waals surface area contributed by atoms with Gasteiger partial charge in [0.1, 0.15) is 0 Å². The van der Waals surface area contributed by atoms with E-state index in [0.29, 0.717) is 17.1 Å². The zero-order chi connectivity index (χ0) is 13.0.